The maximum absolute atomic E-state index is 9.15. The highest BCUT2D eigenvalue weighted by Gasteiger charge is 2.16. The molecule has 22 heavy (non-hydrogen) atoms. The van der Waals surface area contributed by atoms with Crippen molar-refractivity contribution in [1.82, 2.24) is 9.88 Å². The summed E-state index contributed by atoms with van der Waals surface area (Å²) in [5.74, 6) is 0.854. The summed E-state index contributed by atoms with van der Waals surface area (Å²) in [4.78, 5) is 7.95. The number of rotatable bonds is 5. The second-order valence-electron chi connectivity index (χ2n) is 5.17. The first-order valence-electron chi connectivity index (χ1n) is 6.90. The number of nitrogens with zero attached hydrogens (tertiary/aromatic N) is 3. The molecule has 1 N–H and O–H groups in total. The maximum Gasteiger partial charge on any atom is 0.144 e. The largest absolute Gasteiger partial charge is 0.367 e. The number of likely N-dealkylation sites (N-methyl/N-ethyl adjacent to an activating group) is 1. The van der Waals surface area contributed by atoms with Crippen molar-refractivity contribution in [3.8, 4) is 6.07 Å². The summed E-state index contributed by atoms with van der Waals surface area (Å²) >= 11 is 3.38. The van der Waals surface area contributed by atoms with Crippen molar-refractivity contribution in [1.29, 1.82) is 5.26 Å². The highest BCUT2D eigenvalue weighted by atomic mass is 32.1. The molecule has 0 spiro atoms. The lowest BCUT2D eigenvalue weighted by molar-refractivity contribution is 0.316. The average Bonchev–Trinajstić information content (AvgIpc) is 3.18. The van der Waals surface area contributed by atoms with E-state index in [2.05, 4.69) is 52.9 Å². The molecule has 1 unspecified atom stereocenters. The van der Waals surface area contributed by atoms with Crippen LogP contribution in [0.4, 0.5) is 5.82 Å². The number of hydrogen-bond acceptors (Lipinski definition) is 6. The number of pyridine rings is 1. The number of nitriles is 1. The van der Waals surface area contributed by atoms with Crippen molar-refractivity contribution in [2.45, 2.75) is 6.04 Å². The molecule has 3 aromatic heterocycles. The fourth-order valence-electron chi connectivity index (χ4n) is 2.39. The van der Waals surface area contributed by atoms with Crippen molar-refractivity contribution in [2.75, 3.05) is 26.0 Å². The fraction of sp³-hybridized carbons (Fsp3) is 0.250. The molecule has 112 valence electrons. The minimum atomic E-state index is 0.299. The van der Waals surface area contributed by atoms with Gasteiger partial charge in [-0.1, -0.05) is 6.07 Å². The summed E-state index contributed by atoms with van der Waals surface area (Å²) in [5, 5.41) is 17.7. The average molecular weight is 328 g/mol. The summed E-state index contributed by atoms with van der Waals surface area (Å²) in [6.45, 7) is 0.777. The van der Waals surface area contributed by atoms with Gasteiger partial charge in [0.2, 0.25) is 0 Å². The summed E-state index contributed by atoms with van der Waals surface area (Å²) in [6, 6.07) is 8.71. The lowest BCUT2D eigenvalue weighted by Crippen LogP contribution is -2.26. The van der Waals surface area contributed by atoms with Gasteiger partial charge in [-0.05, 0) is 37.0 Å². The zero-order valence-corrected chi connectivity index (χ0v) is 14.0. The monoisotopic (exact) mass is 328 g/mol. The molecule has 0 radical (unpaired) electrons. The second-order valence-corrected chi connectivity index (χ2v) is 7.07. The highest BCUT2D eigenvalue weighted by molar-refractivity contribution is 7.17. The van der Waals surface area contributed by atoms with Gasteiger partial charge in [0.05, 0.1) is 16.3 Å². The first kappa shape index (κ1) is 15.0. The molecule has 6 heteroatoms. The van der Waals surface area contributed by atoms with Crippen LogP contribution >= 0.6 is 22.7 Å². The minimum absolute atomic E-state index is 0.299. The number of fused-ring (bicyclic) bond motifs is 1. The standard InChI is InChI=1S/C16H16N4S2/c1-20(2)13(14-4-3-6-21-14)10-19-16-15-12(5-7-22-15)11(8-17)9-18-16/h3-7,9,13H,10H2,1-2H3,(H,18,19). The number of thiophene rings is 2. The van der Waals surface area contributed by atoms with Gasteiger partial charge in [-0.3, -0.25) is 0 Å². The maximum atomic E-state index is 9.15. The molecule has 3 heterocycles. The minimum Gasteiger partial charge on any atom is -0.367 e. The highest BCUT2D eigenvalue weighted by Crippen LogP contribution is 2.30. The molecular weight excluding hydrogens is 312 g/mol. The van der Waals surface area contributed by atoms with E-state index in [-0.39, 0.29) is 0 Å². The van der Waals surface area contributed by atoms with Gasteiger partial charge in [0.1, 0.15) is 11.9 Å². The summed E-state index contributed by atoms with van der Waals surface area (Å²) < 4.78 is 1.04. The van der Waals surface area contributed by atoms with Gasteiger partial charge in [0.25, 0.3) is 0 Å². The molecule has 1 atom stereocenters. The van der Waals surface area contributed by atoms with Crippen LogP contribution in [0.15, 0.2) is 35.2 Å². The van der Waals surface area contributed by atoms with Gasteiger partial charge in [-0.2, -0.15) is 5.26 Å². The topological polar surface area (TPSA) is 52.0 Å². The summed E-state index contributed by atoms with van der Waals surface area (Å²) in [5.41, 5.74) is 0.629. The second kappa shape index (κ2) is 6.44. The molecule has 0 bridgehead atoms. The van der Waals surface area contributed by atoms with Gasteiger partial charge < -0.3 is 10.2 Å². The van der Waals surface area contributed by atoms with Crippen LogP contribution < -0.4 is 5.32 Å². The van der Waals surface area contributed by atoms with E-state index in [0.29, 0.717) is 11.6 Å². The fourth-order valence-corrected chi connectivity index (χ4v) is 4.19. The molecule has 3 rings (SSSR count). The van der Waals surface area contributed by atoms with E-state index in [4.69, 9.17) is 5.26 Å². The molecule has 3 aromatic rings. The zero-order chi connectivity index (χ0) is 15.5. The molecule has 4 nitrogen and oxygen atoms in total. The lowest BCUT2D eigenvalue weighted by atomic mass is 10.2. The Labute approximate surface area is 137 Å². The Balaban J connectivity index is 1.85. The van der Waals surface area contributed by atoms with Crippen LogP contribution in [-0.4, -0.2) is 30.5 Å². The van der Waals surface area contributed by atoms with Gasteiger partial charge in [0.15, 0.2) is 0 Å². The van der Waals surface area contributed by atoms with Gasteiger partial charge in [-0.15, -0.1) is 22.7 Å². The number of nitrogens with one attached hydrogen (secondary N) is 1. The van der Waals surface area contributed by atoms with E-state index >= 15 is 0 Å². The van der Waals surface area contributed by atoms with E-state index < -0.39 is 0 Å². The normalized spacial score (nSPS) is 12.5. The Kier molecular flexibility index (Phi) is 4.39. The molecule has 0 aliphatic rings. The Morgan fingerprint density at radius 2 is 2.18 bits per heavy atom. The van der Waals surface area contributed by atoms with Crippen molar-refractivity contribution < 1.29 is 0 Å². The number of hydrogen-bond donors (Lipinski definition) is 1. The quantitative estimate of drug-likeness (QED) is 0.770. The third kappa shape index (κ3) is 2.83. The van der Waals surface area contributed by atoms with Crippen LogP contribution in [-0.2, 0) is 0 Å². The van der Waals surface area contributed by atoms with Crippen LogP contribution in [0.2, 0.25) is 0 Å². The van der Waals surface area contributed by atoms with Gasteiger partial charge in [0, 0.05) is 23.0 Å². The third-order valence-corrected chi connectivity index (χ3v) is 5.47. The Bertz CT molecular complexity index is 799. The molecule has 0 aliphatic carbocycles. The number of aromatic nitrogens is 1. The van der Waals surface area contributed by atoms with Crippen LogP contribution in [0.1, 0.15) is 16.5 Å². The predicted molar refractivity (Wildman–Crippen MR) is 93.6 cm³/mol. The van der Waals surface area contributed by atoms with Crippen LogP contribution in [0.3, 0.4) is 0 Å². The SMILES string of the molecule is CN(C)C(CNc1ncc(C#N)c2ccsc12)c1cccs1. The van der Waals surface area contributed by atoms with Crippen LogP contribution in [0.25, 0.3) is 10.1 Å². The molecule has 0 saturated carbocycles. The molecule has 0 aliphatic heterocycles. The third-order valence-electron chi connectivity index (χ3n) is 3.57. The smallest absolute Gasteiger partial charge is 0.144 e. The zero-order valence-electron chi connectivity index (χ0n) is 12.4. The van der Waals surface area contributed by atoms with E-state index in [1.165, 1.54) is 4.88 Å². The Morgan fingerprint density at radius 1 is 1.32 bits per heavy atom. The van der Waals surface area contributed by atoms with E-state index in [9.17, 15) is 0 Å². The van der Waals surface area contributed by atoms with Crippen molar-refractivity contribution in [3.63, 3.8) is 0 Å². The molecule has 0 fully saturated rings. The Hall–Kier alpha value is -1.94. The number of anilines is 1. The van der Waals surface area contributed by atoms with Gasteiger partial charge in [-0.25, -0.2) is 4.98 Å². The Morgan fingerprint density at radius 3 is 2.86 bits per heavy atom. The first-order valence-corrected chi connectivity index (χ1v) is 8.66. The van der Waals surface area contributed by atoms with E-state index in [1.807, 2.05) is 11.4 Å². The molecule has 0 amide bonds. The molecule has 0 saturated heterocycles. The van der Waals surface area contributed by atoms with E-state index in [0.717, 1.165) is 22.4 Å². The molecular formula is C16H16N4S2. The van der Waals surface area contributed by atoms with Crippen LogP contribution in [0, 0.1) is 11.3 Å². The summed E-state index contributed by atoms with van der Waals surface area (Å²) in [7, 11) is 4.16. The van der Waals surface area contributed by atoms with E-state index in [1.54, 1.807) is 28.9 Å². The van der Waals surface area contributed by atoms with Gasteiger partial charge >= 0.3 is 0 Å². The van der Waals surface area contributed by atoms with Crippen molar-refractivity contribution in [3.05, 3.63) is 45.6 Å². The lowest BCUT2D eigenvalue weighted by Gasteiger charge is -2.24. The predicted octanol–water partition coefficient (Wildman–Crippen LogP) is 3.94. The molecule has 0 aromatic carbocycles. The van der Waals surface area contributed by atoms with Crippen molar-refractivity contribution >= 4 is 38.6 Å². The van der Waals surface area contributed by atoms with Crippen LogP contribution in [0.5, 0.6) is 0 Å². The summed E-state index contributed by atoms with van der Waals surface area (Å²) in [6.07, 6.45) is 1.65. The first-order chi connectivity index (χ1) is 10.7. The van der Waals surface area contributed by atoms with Crippen molar-refractivity contribution in [2.24, 2.45) is 0 Å².